The standard InChI is InChI=1S/C16H19N3O/c1-2-6-13-15(17-16(20)12-9-10-12)14(19-18-13)11-7-4-3-5-8-11/h3-5,7-8,12H,2,6,9-10H2,1H3,(H,17,20)(H,18,19). The van der Waals surface area contributed by atoms with E-state index in [4.69, 9.17) is 0 Å². The number of rotatable bonds is 5. The van der Waals surface area contributed by atoms with Gasteiger partial charge in [0.2, 0.25) is 5.91 Å². The van der Waals surface area contributed by atoms with Gasteiger partial charge in [-0.3, -0.25) is 9.89 Å². The first kappa shape index (κ1) is 12.9. The van der Waals surface area contributed by atoms with Gasteiger partial charge in [0.25, 0.3) is 0 Å². The van der Waals surface area contributed by atoms with Crippen LogP contribution in [0.2, 0.25) is 0 Å². The first-order valence-corrected chi connectivity index (χ1v) is 7.23. The highest BCUT2D eigenvalue weighted by molar-refractivity contribution is 5.98. The van der Waals surface area contributed by atoms with Crippen LogP contribution >= 0.6 is 0 Å². The summed E-state index contributed by atoms with van der Waals surface area (Å²) in [6.45, 7) is 2.12. The van der Waals surface area contributed by atoms with Crippen LogP contribution in [0.25, 0.3) is 11.3 Å². The van der Waals surface area contributed by atoms with Crippen LogP contribution in [-0.4, -0.2) is 16.1 Å². The van der Waals surface area contributed by atoms with Crippen LogP contribution < -0.4 is 5.32 Å². The van der Waals surface area contributed by atoms with Crippen molar-refractivity contribution in [2.75, 3.05) is 5.32 Å². The number of nitrogens with one attached hydrogen (secondary N) is 2. The third-order valence-corrected chi connectivity index (χ3v) is 3.58. The summed E-state index contributed by atoms with van der Waals surface area (Å²) < 4.78 is 0. The molecule has 4 heteroatoms. The Labute approximate surface area is 118 Å². The molecule has 0 radical (unpaired) electrons. The second-order valence-electron chi connectivity index (χ2n) is 5.31. The molecular weight excluding hydrogens is 250 g/mol. The summed E-state index contributed by atoms with van der Waals surface area (Å²) in [6.07, 6.45) is 3.92. The molecule has 1 amide bonds. The van der Waals surface area contributed by atoms with Crippen molar-refractivity contribution in [3.05, 3.63) is 36.0 Å². The highest BCUT2D eigenvalue weighted by Gasteiger charge is 2.31. The third-order valence-electron chi connectivity index (χ3n) is 3.58. The minimum Gasteiger partial charge on any atom is -0.322 e. The number of hydrogen-bond donors (Lipinski definition) is 2. The highest BCUT2D eigenvalue weighted by Crippen LogP contribution is 2.34. The topological polar surface area (TPSA) is 57.8 Å². The summed E-state index contributed by atoms with van der Waals surface area (Å²) >= 11 is 0. The molecule has 1 aromatic carbocycles. The lowest BCUT2D eigenvalue weighted by atomic mass is 10.1. The highest BCUT2D eigenvalue weighted by atomic mass is 16.2. The molecule has 3 rings (SSSR count). The molecular formula is C16H19N3O. The van der Waals surface area contributed by atoms with Gasteiger partial charge in [-0.1, -0.05) is 43.7 Å². The van der Waals surface area contributed by atoms with Gasteiger partial charge < -0.3 is 5.32 Å². The van der Waals surface area contributed by atoms with Crippen molar-refractivity contribution < 1.29 is 4.79 Å². The second-order valence-corrected chi connectivity index (χ2v) is 5.31. The van der Waals surface area contributed by atoms with Gasteiger partial charge in [0, 0.05) is 11.5 Å². The van der Waals surface area contributed by atoms with Crippen molar-refractivity contribution in [3.8, 4) is 11.3 Å². The van der Waals surface area contributed by atoms with E-state index in [-0.39, 0.29) is 11.8 Å². The maximum atomic E-state index is 12.1. The fourth-order valence-electron chi connectivity index (χ4n) is 2.32. The minimum absolute atomic E-state index is 0.126. The molecule has 20 heavy (non-hydrogen) atoms. The molecule has 0 unspecified atom stereocenters. The maximum absolute atomic E-state index is 12.1. The van der Waals surface area contributed by atoms with Crippen LogP contribution in [-0.2, 0) is 11.2 Å². The number of hydrogen-bond acceptors (Lipinski definition) is 2. The average Bonchev–Trinajstić information content (AvgIpc) is 3.25. The van der Waals surface area contributed by atoms with Gasteiger partial charge in [-0.15, -0.1) is 0 Å². The molecule has 0 bridgehead atoms. The Morgan fingerprint density at radius 2 is 2.10 bits per heavy atom. The van der Waals surface area contributed by atoms with Gasteiger partial charge >= 0.3 is 0 Å². The van der Waals surface area contributed by atoms with Crippen LogP contribution in [0, 0.1) is 5.92 Å². The molecule has 1 fully saturated rings. The van der Waals surface area contributed by atoms with Crippen molar-refractivity contribution in [1.29, 1.82) is 0 Å². The minimum atomic E-state index is 0.126. The molecule has 0 spiro atoms. The van der Waals surface area contributed by atoms with Crippen LogP contribution in [0.1, 0.15) is 31.9 Å². The number of aromatic nitrogens is 2. The van der Waals surface area contributed by atoms with Gasteiger partial charge in [0.1, 0.15) is 5.69 Å². The molecule has 1 saturated carbocycles. The molecule has 2 aromatic rings. The molecule has 2 N–H and O–H groups in total. The number of carbonyl (C=O) groups is 1. The van der Waals surface area contributed by atoms with Gasteiger partial charge in [0.05, 0.1) is 11.4 Å². The van der Waals surface area contributed by atoms with Gasteiger partial charge in [-0.2, -0.15) is 5.10 Å². The van der Waals surface area contributed by atoms with Crippen molar-refractivity contribution in [2.24, 2.45) is 5.92 Å². The summed E-state index contributed by atoms with van der Waals surface area (Å²) in [4.78, 5) is 12.1. The molecule has 1 aromatic heterocycles. The summed E-state index contributed by atoms with van der Waals surface area (Å²) in [5, 5.41) is 10.5. The van der Waals surface area contributed by atoms with E-state index in [1.54, 1.807) is 0 Å². The number of nitrogens with zero attached hydrogens (tertiary/aromatic N) is 1. The van der Waals surface area contributed by atoms with E-state index in [9.17, 15) is 4.79 Å². The molecule has 104 valence electrons. The Morgan fingerprint density at radius 3 is 2.75 bits per heavy atom. The van der Waals surface area contributed by atoms with Crippen LogP contribution in [0.5, 0.6) is 0 Å². The first-order valence-electron chi connectivity index (χ1n) is 7.23. The molecule has 1 heterocycles. The van der Waals surface area contributed by atoms with Crippen LogP contribution in [0.15, 0.2) is 30.3 Å². The van der Waals surface area contributed by atoms with E-state index >= 15 is 0 Å². The monoisotopic (exact) mass is 269 g/mol. The van der Waals surface area contributed by atoms with Gasteiger partial charge in [0.15, 0.2) is 0 Å². The molecule has 0 aliphatic heterocycles. The number of amides is 1. The van der Waals surface area contributed by atoms with Gasteiger partial charge in [-0.25, -0.2) is 0 Å². The zero-order valence-corrected chi connectivity index (χ0v) is 11.6. The normalized spacial score (nSPS) is 14.2. The molecule has 0 saturated heterocycles. The second kappa shape index (κ2) is 5.49. The number of anilines is 1. The fraction of sp³-hybridized carbons (Fsp3) is 0.375. The smallest absolute Gasteiger partial charge is 0.227 e. The van der Waals surface area contributed by atoms with Crippen molar-refractivity contribution in [1.82, 2.24) is 10.2 Å². The molecule has 0 atom stereocenters. The summed E-state index contributed by atoms with van der Waals surface area (Å²) in [6, 6.07) is 9.97. The maximum Gasteiger partial charge on any atom is 0.227 e. The fourth-order valence-corrected chi connectivity index (χ4v) is 2.32. The lowest BCUT2D eigenvalue weighted by Crippen LogP contribution is -2.14. The van der Waals surface area contributed by atoms with Crippen LogP contribution in [0.3, 0.4) is 0 Å². The Balaban J connectivity index is 1.94. The SMILES string of the molecule is CCCc1[nH]nc(-c2ccccc2)c1NC(=O)C1CC1. The predicted molar refractivity (Wildman–Crippen MR) is 79.4 cm³/mol. The lowest BCUT2D eigenvalue weighted by molar-refractivity contribution is -0.117. The van der Waals surface area contributed by atoms with Crippen molar-refractivity contribution in [2.45, 2.75) is 32.6 Å². The molecule has 1 aliphatic rings. The average molecular weight is 269 g/mol. The number of aryl methyl sites for hydroxylation is 1. The largest absolute Gasteiger partial charge is 0.322 e. The quantitative estimate of drug-likeness (QED) is 0.874. The number of H-pyrrole nitrogens is 1. The van der Waals surface area contributed by atoms with Crippen molar-refractivity contribution >= 4 is 11.6 Å². The molecule has 1 aliphatic carbocycles. The molecule has 4 nitrogen and oxygen atoms in total. The first-order chi connectivity index (χ1) is 9.79. The zero-order valence-electron chi connectivity index (χ0n) is 11.6. The number of benzene rings is 1. The number of aromatic amines is 1. The van der Waals surface area contributed by atoms with E-state index in [1.807, 2.05) is 30.3 Å². The van der Waals surface area contributed by atoms with Crippen LogP contribution in [0.4, 0.5) is 5.69 Å². The Hall–Kier alpha value is -2.10. The Bertz CT molecular complexity index is 599. The third kappa shape index (κ3) is 2.59. The summed E-state index contributed by atoms with van der Waals surface area (Å²) in [5.74, 6) is 0.323. The number of carbonyl (C=O) groups excluding carboxylic acids is 1. The van der Waals surface area contributed by atoms with E-state index < -0.39 is 0 Å². The van der Waals surface area contributed by atoms with E-state index in [1.165, 1.54) is 0 Å². The predicted octanol–water partition coefficient (Wildman–Crippen LogP) is 3.38. The lowest BCUT2D eigenvalue weighted by Gasteiger charge is -2.07. The summed E-state index contributed by atoms with van der Waals surface area (Å²) in [5.41, 5.74) is 3.73. The van der Waals surface area contributed by atoms with E-state index in [0.29, 0.717) is 0 Å². The van der Waals surface area contributed by atoms with Crippen molar-refractivity contribution in [3.63, 3.8) is 0 Å². The van der Waals surface area contributed by atoms with E-state index in [2.05, 4.69) is 22.4 Å². The Kier molecular flexibility index (Phi) is 3.54. The van der Waals surface area contributed by atoms with Gasteiger partial charge in [-0.05, 0) is 19.3 Å². The zero-order chi connectivity index (χ0) is 13.9. The van der Waals surface area contributed by atoms with E-state index in [0.717, 1.165) is 48.3 Å². The summed E-state index contributed by atoms with van der Waals surface area (Å²) in [7, 11) is 0. The Morgan fingerprint density at radius 1 is 1.35 bits per heavy atom.